The summed E-state index contributed by atoms with van der Waals surface area (Å²) in [5, 5.41) is 3.00. The van der Waals surface area contributed by atoms with Gasteiger partial charge in [0.05, 0.1) is 12.6 Å². The Labute approximate surface area is 160 Å². The van der Waals surface area contributed by atoms with Gasteiger partial charge in [-0.15, -0.1) is 12.4 Å². The molecule has 144 valence electrons. The monoisotopic (exact) mass is 383 g/mol. The highest BCUT2D eigenvalue weighted by molar-refractivity contribution is 5.85. The van der Waals surface area contributed by atoms with Crippen LogP contribution in [0.25, 0.3) is 0 Å². The summed E-state index contributed by atoms with van der Waals surface area (Å²) in [6.45, 7) is 3.46. The highest BCUT2D eigenvalue weighted by Crippen LogP contribution is 2.41. The predicted octanol–water partition coefficient (Wildman–Crippen LogP) is 2.05. The van der Waals surface area contributed by atoms with Crippen LogP contribution in [0.15, 0.2) is 24.3 Å². The smallest absolute Gasteiger partial charge is 0.236 e. The van der Waals surface area contributed by atoms with Crippen LogP contribution in [0.2, 0.25) is 0 Å². The second-order valence-corrected chi connectivity index (χ2v) is 7.37. The van der Waals surface area contributed by atoms with E-state index >= 15 is 0 Å². The molecule has 1 saturated heterocycles. The summed E-state index contributed by atoms with van der Waals surface area (Å²) in [6, 6.07) is 6.69. The first-order valence-corrected chi connectivity index (χ1v) is 8.91. The number of hydrogen-bond donors (Lipinski definition) is 1. The molecule has 3 rings (SSSR count). The van der Waals surface area contributed by atoms with Crippen LogP contribution in [0.5, 0.6) is 0 Å². The fourth-order valence-electron chi connectivity index (χ4n) is 3.75. The van der Waals surface area contributed by atoms with E-state index in [4.69, 9.17) is 0 Å². The Morgan fingerprint density at radius 2 is 1.96 bits per heavy atom. The average molecular weight is 384 g/mol. The minimum Gasteiger partial charge on any atom is -0.351 e. The Hall–Kier alpha value is -1.66. The maximum absolute atomic E-state index is 13.7. The van der Waals surface area contributed by atoms with E-state index in [0.29, 0.717) is 37.0 Å². The number of likely N-dealkylation sites (tertiary alicyclic amines) is 1. The first-order chi connectivity index (χ1) is 11.9. The summed E-state index contributed by atoms with van der Waals surface area (Å²) in [5.74, 6) is 0.747. The molecule has 2 aliphatic rings. The predicted molar refractivity (Wildman–Crippen MR) is 100 cm³/mol. The topological polar surface area (TPSA) is 52.7 Å². The van der Waals surface area contributed by atoms with Crippen molar-refractivity contribution in [2.24, 2.45) is 11.8 Å². The lowest BCUT2D eigenvalue weighted by molar-refractivity contribution is -0.131. The van der Waals surface area contributed by atoms with E-state index in [0.717, 1.165) is 0 Å². The molecule has 5 nitrogen and oxygen atoms in total. The number of nitrogens with zero attached hydrogens (tertiary/aromatic N) is 2. The van der Waals surface area contributed by atoms with E-state index in [9.17, 15) is 14.0 Å². The second-order valence-electron chi connectivity index (χ2n) is 7.37. The summed E-state index contributed by atoms with van der Waals surface area (Å²) < 4.78 is 13.7. The van der Waals surface area contributed by atoms with Crippen LogP contribution >= 0.6 is 12.4 Å². The molecule has 1 N–H and O–H groups in total. The van der Waals surface area contributed by atoms with Gasteiger partial charge in [0.25, 0.3) is 0 Å². The van der Waals surface area contributed by atoms with Gasteiger partial charge in [0, 0.05) is 38.0 Å². The standard InChI is InChI=1S/C19H26FN3O2.ClH/c1-13(24)21-18-11-23(10-16(18)14-7-8-14)19(25)12-22(2)9-15-5-3-4-6-17(15)20;/h3-6,14,16,18H,7-12H2,1-2H3,(H,21,24);1H/t16-,18+;/m1./s1. The number of benzene rings is 1. The minimum absolute atomic E-state index is 0. The molecule has 1 aliphatic carbocycles. The highest BCUT2D eigenvalue weighted by Gasteiger charge is 2.44. The third kappa shape index (κ3) is 5.17. The first kappa shape index (κ1) is 20.6. The van der Waals surface area contributed by atoms with Gasteiger partial charge in [-0.1, -0.05) is 18.2 Å². The van der Waals surface area contributed by atoms with Gasteiger partial charge in [-0.05, 0) is 31.9 Å². The molecule has 0 spiro atoms. The maximum Gasteiger partial charge on any atom is 0.236 e. The van der Waals surface area contributed by atoms with Crippen molar-refractivity contribution in [1.29, 1.82) is 0 Å². The molecule has 26 heavy (non-hydrogen) atoms. The minimum atomic E-state index is -0.248. The zero-order valence-electron chi connectivity index (χ0n) is 15.3. The van der Waals surface area contributed by atoms with Crippen molar-refractivity contribution in [2.75, 3.05) is 26.7 Å². The number of nitrogens with one attached hydrogen (secondary N) is 1. The van der Waals surface area contributed by atoms with Crippen molar-refractivity contribution >= 4 is 24.2 Å². The fraction of sp³-hybridized carbons (Fsp3) is 0.579. The molecule has 1 saturated carbocycles. The summed E-state index contributed by atoms with van der Waals surface area (Å²) in [7, 11) is 1.82. The van der Waals surface area contributed by atoms with Crippen LogP contribution in [0.3, 0.4) is 0 Å². The van der Waals surface area contributed by atoms with Gasteiger partial charge in [-0.25, -0.2) is 4.39 Å². The quantitative estimate of drug-likeness (QED) is 0.818. The van der Waals surface area contributed by atoms with E-state index in [1.807, 2.05) is 16.8 Å². The SMILES string of the molecule is CC(=O)N[C@H]1CN(C(=O)CN(C)Cc2ccccc2F)C[C@@H]1C1CC1.Cl. The summed E-state index contributed by atoms with van der Waals surface area (Å²) in [4.78, 5) is 27.7. The molecular weight excluding hydrogens is 357 g/mol. The molecule has 7 heteroatoms. The van der Waals surface area contributed by atoms with Gasteiger partial charge in [0.1, 0.15) is 5.82 Å². The van der Waals surface area contributed by atoms with Gasteiger partial charge in [0.15, 0.2) is 0 Å². The maximum atomic E-state index is 13.7. The summed E-state index contributed by atoms with van der Waals surface area (Å²) in [6.07, 6.45) is 2.38. The van der Waals surface area contributed by atoms with Crippen molar-refractivity contribution in [3.05, 3.63) is 35.6 Å². The van der Waals surface area contributed by atoms with Crippen LogP contribution in [-0.4, -0.2) is 54.3 Å². The van der Waals surface area contributed by atoms with Crippen LogP contribution < -0.4 is 5.32 Å². The van der Waals surface area contributed by atoms with Crippen molar-refractivity contribution in [2.45, 2.75) is 32.4 Å². The Morgan fingerprint density at radius 3 is 2.58 bits per heavy atom. The highest BCUT2D eigenvalue weighted by atomic mass is 35.5. The fourth-order valence-corrected chi connectivity index (χ4v) is 3.75. The van der Waals surface area contributed by atoms with Gasteiger partial charge >= 0.3 is 0 Å². The van der Waals surface area contributed by atoms with Gasteiger partial charge in [-0.2, -0.15) is 0 Å². The number of carbonyl (C=O) groups excluding carboxylic acids is 2. The lowest BCUT2D eigenvalue weighted by Crippen LogP contribution is -2.41. The normalized spacial score (nSPS) is 22.2. The Kier molecular flexibility index (Phi) is 7.01. The molecule has 1 heterocycles. The average Bonchev–Trinajstić information content (AvgIpc) is 3.30. The molecule has 2 fully saturated rings. The van der Waals surface area contributed by atoms with Gasteiger partial charge in [0.2, 0.25) is 11.8 Å². The zero-order chi connectivity index (χ0) is 18.0. The molecule has 1 aromatic rings. The van der Waals surface area contributed by atoms with E-state index in [2.05, 4.69) is 5.32 Å². The first-order valence-electron chi connectivity index (χ1n) is 8.91. The second kappa shape index (κ2) is 8.82. The molecule has 0 radical (unpaired) electrons. The summed E-state index contributed by atoms with van der Waals surface area (Å²) >= 11 is 0. The molecule has 0 bridgehead atoms. The van der Waals surface area contributed by atoms with Crippen molar-refractivity contribution < 1.29 is 14.0 Å². The zero-order valence-corrected chi connectivity index (χ0v) is 16.1. The lowest BCUT2D eigenvalue weighted by atomic mass is 9.98. The Morgan fingerprint density at radius 1 is 1.27 bits per heavy atom. The third-order valence-corrected chi connectivity index (χ3v) is 5.14. The number of halogens is 2. The van der Waals surface area contributed by atoms with Crippen LogP contribution in [-0.2, 0) is 16.1 Å². The van der Waals surface area contributed by atoms with E-state index < -0.39 is 0 Å². The number of amides is 2. The largest absolute Gasteiger partial charge is 0.351 e. The van der Waals surface area contributed by atoms with E-state index in [1.54, 1.807) is 18.2 Å². The van der Waals surface area contributed by atoms with Crippen LogP contribution in [0.4, 0.5) is 4.39 Å². The third-order valence-electron chi connectivity index (χ3n) is 5.14. The van der Waals surface area contributed by atoms with E-state index in [-0.39, 0.29) is 42.6 Å². The van der Waals surface area contributed by atoms with Crippen molar-refractivity contribution in [3.63, 3.8) is 0 Å². The van der Waals surface area contributed by atoms with Gasteiger partial charge < -0.3 is 10.2 Å². The molecule has 1 aliphatic heterocycles. The molecule has 2 amide bonds. The van der Waals surface area contributed by atoms with Gasteiger partial charge in [-0.3, -0.25) is 14.5 Å². The number of rotatable bonds is 6. The number of hydrogen-bond acceptors (Lipinski definition) is 3. The van der Waals surface area contributed by atoms with Crippen molar-refractivity contribution in [1.82, 2.24) is 15.1 Å². The van der Waals surface area contributed by atoms with Crippen LogP contribution in [0, 0.1) is 17.7 Å². The summed E-state index contributed by atoms with van der Waals surface area (Å²) in [5.41, 5.74) is 0.589. The van der Waals surface area contributed by atoms with Crippen molar-refractivity contribution in [3.8, 4) is 0 Å². The Bertz CT molecular complexity index is 653. The van der Waals surface area contributed by atoms with Crippen LogP contribution in [0.1, 0.15) is 25.3 Å². The molecule has 0 aromatic heterocycles. The molecule has 0 unspecified atom stereocenters. The molecular formula is C19H27ClFN3O2. The number of carbonyl (C=O) groups is 2. The molecule has 2 atom stereocenters. The Balaban J connectivity index is 0.00000243. The van der Waals surface area contributed by atoms with E-state index in [1.165, 1.54) is 25.8 Å². The lowest BCUT2D eigenvalue weighted by Gasteiger charge is -2.22. The number of likely N-dealkylation sites (N-methyl/N-ethyl adjacent to an activating group) is 1. The molecule has 1 aromatic carbocycles.